The Morgan fingerprint density at radius 1 is 1.20 bits per heavy atom. The number of benzene rings is 1. The van der Waals surface area contributed by atoms with E-state index in [0.29, 0.717) is 19.8 Å². The summed E-state index contributed by atoms with van der Waals surface area (Å²) in [6, 6.07) is 10.8. The fourth-order valence-corrected chi connectivity index (χ4v) is 3.77. The van der Waals surface area contributed by atoms with Gasteiger partial charge in [-0.2, -0.15) is 0 Å². The van der Waals surface area contributed by atoms with E-state index in [1.807, 2.05) is 4.90 Å². The molecule has 5 nitrogen and oxygen atoms in total. The lowest BCUT2D eigenvalue weighted by molar-refractivity contribution is -0.145. The second-order valence-electron chi connectivity index (χ2n) is 7.50. The highest BCUT2D eigenvalue weighted by Crippen LogP contribution is 2.24. The van der Waals surface area contributed by atoms with Crippen LogP contribution in [0, 0.1) is 0 Å². The van der Waals surface area contributed by atoms with Crippen molar-refractivity contribution in [2.45, 2.75) is 38.3 Å². The Morgan fingerprint density at radius 2 is 2.00 bits per heavy atom. The highest BCUT2D eigenvalue weighted by molar-refractivity contribution is 5.78. The third-order valence-corrected chi connectivity index (χ3v) is 5.10. The van der Waals surface area contributed by atoms with Crippen LogP contribution in [0.1, 0.15) is 25.8 Å². The molecule has 2 aliphatic rings. The zero-order valence-corrected chi connectivity index (χ0v) is 15.4. The highest BCUT2D eigenvalue weighted by atomic mass is 16.5. The van der Waals surface area contributed by atoms with Crippen molar-refractivity contribution < 1.29 is 14.3 Å². The molecular formula is C20H30N2O3. The van der Waals surface area contributed by atoms with Crippen LogP contribution in [-0.2, 0) is 20.7 Å². The summed E-state index contributed by atoms with van der Waals surface area (Å²) in [6.45, 7) is 8.93. The minimum Gasteiger partial charge on any atom is -0.369 e. The van der Waals surface area contributed by atoms with Crippen molar-refractivity contribution in [1.82, 2.24) is 9.80 Å². The summed E-state index contributed by atoms with van der Waals surface area (Å²) < 4.78 is 11.8. The number of carbonyl (C=O) groups is 1. The van der Waals surface area contributed by atoms with Gasteiger partial charge in [-0.25, -0.2) is 0 Å². The van der Waals surface area contributed by atoms with Crippen LogP contribution in [0.15, 0.2) is 30.3 Å². The highest BCUT2D eigenvalue weighted by Gasteiger charge is 2.42. The van der Waals surface area contributed by atoms with Crippen molar-refractivity contribution in [3.05, 3.63) is 35.9 Å². The van der Waals surface area contributed by atoms with Gasteiger partial charge in [0.05, 0.1) is 19.8 Å². The molecule has 1 aromatic carbocycles. The minimum absolute atomic E-state index is 0.0664. The van der Waals surface area contributed by atoms with Gasteiger partial charge in [-0.15, -0.1) is 0 Å². The molecule has 0 aliphatic carbocycles. The Morgan fingerprint density at radius 3 is 2.76 bits per heavy atom. The number of rotatable bonds is 5. The zero-order valence-electron chi connectivity index (χ0n) is 15.4. The van der Waals surface area contributed by atoms with Crippen molar-refractivity contribution in [2.24, 2.45) is 0 Å². The van der Waals surface area contributed by atoms with Crippen LogP contribution in [0.3, 0.4) is 0 Å². The number of aryl methyl sites for hydroxylation is 1. The van der Waals surface area contributed by atoms with E-state index < -0.39 is 0 Å². The predicted octanol–water partition coefficient (Wildman–Crippen LogP) is 1.96. The fraction of sp³-hybridized carbons (Fsp3) is 0.650. The largest absolute Gasteiger partial charge is 0.369 e. The van der Waals surface area contributed by atoms with Crippen molar-refractivity contribution in [3.63, 3.8) is 0 Å². The van der Waals surface area contributed by atoms with Gasteiger partial charge in [-0.3, -0.25) is 9.69 Å². The second kappa shape index (κ2) is 8.30. The molecule has 2 saturated heterocycles. The van der Waals surface area contributed by atoms with E-state index in [9.17, 15) is 4.79 Å². The molecule has 1 atom stereocenters. The lowest BCUT2D eigenvalue weighted by Gasteiger charge is -2.44. The molecule has 1 aromatic rings. The normalized spacial score (nSPS) is 25.6. The van der Waals surface area contributed by atoms with Crippen molar-refractivity contribution in [1.29, 1.82) is 0 Å². The molecule has 1 amide bonds. The number of hydrogen-bond donors (Lipinski definition) is 0. The molecule has 0 saturated carbocycles. The zero-order chi connectivity index (χ0) is 17.7. The first-order chi connectivity index (χ1) is 12.1. The van der Waals surface area contributed by atoms with Crippen LogP contribution in [-0.4, -0.2) is 73.3 Å². The maximum absolute atomic E-state index is 12.2. The molecule has 138 valence electrons. The molecule has 5 heteroatoms. The van der Waals surface area contributed by atoms with Crippen LogP contribution in [0.4, 0.5) is 0 Å². The van der Waals surface area contributed by atoms with Crippen molar-refractivity contribution in [2.75, 3.05) is 46.0 Å². The maximum Gasteiger partial charge on any atom is 0.248 e. The van der Waals surface area contributed by atoms with Crippen LogP contribution < -0.4 is 0 Å². The lowest BCUT2D eigenvalue weighted by atomic mass is 10.0. The fourth-order valence-electron chi connectivity index (χ4n) is 3.77. The second-order valence-corrected chi connectivity index (χ2v) is 7.50. The van der Waals surface area contributed by atoms with E-state index >= 15 is 0 Å². The predicted molar refractivity (Wildman–Crippen MR) is 97.6 cm³/mol. The minimum atomic E-state index is -0.387. The molecule has 1 spiro atoms. The summed E-state index contributed by atoms with van der Waals surface area (Å²) in [5.74, 6) is 0.0664. The summed E-state index contributed by atoms with van der Waals surface area (Å²) in [4.78, 5) is 16.6. The van der Waals surface area contributed by atoms with E-state index in [4.69, 9.17) is 9.47 Å². The average molecular weight is 346 g/mol. The topological polar surface area (TPSA) is 42.0 Å². The molecule has 3 rings (SSSR count). The molecule has 0 bridgehead atoms. The monoisotopic (exact) mass is 346 g/mol. The molecule has 0 aromatic heterocycles. The standard InChI is InChI=1S/C20H30N2O3/c1-17(2)22-15-20(16-24-13-19(22)23)14-21(11-12-25-20)10-6-9-18-7-4-3-5-8-18/h3-5,7-8,17H,6,9-16H2,1-2H3. The first-order valence-corrected chi connectivity index (χ1v) is 9.35. The van der Waals surface area contributed by atoms with Gasteiger partial charge in [0.1, 0.15) is 12.2 Å². The van der Waals surface area contributed by atoms with Crippen LogP contribution in [0.25, 0.3) is 0 Å². The molecule has 25 heavy (non-hydrogen) atoms. The first kappa shape index (κ1) is 18.4. The van der Waals surface area contributed by atoms with Gasteiger partial charge in [0, 0.05) is 19.1 Å². The van der Waals surface area contributed by atoms with Gasteiger partial charge < -0.3 is 14.4 Å². The Balaban J connectivity index is 1.56. The summed E-state index contributed by atoms with van der Waals surface area (Å²) in [7, 11) is 0. The van der Waals surface area contributed by atoms with E-state index in [-0.39, 0.29) is 24.2 Å². The van der Waals surface area contributed by atoms with Crippen LogP contribution in [0.2, 0.25) is 0 Å². The molecule has 1 unspecified atom stereocenters. The summed E-state index contributed by atoms with van der Waals surface area (Å²) in [5.41, 5.74) is 1.00. The molecular weight excluding hydrogens is 316 g/mol. The number of morpholine rings is 1. The number of hydrogen-bond acceptors (Lipinski definition) is 4. The Labute approximate surface area is 150 Å². The Hall–Kier alpha value is -1.43. The molecule has 2 fully saturated rings. The quantitative estimate of drug-likeness (QED) is 0.817. The van der Waals surface area contributed by atoms with E-state index in [2.05, 4.69) is 49.1 Å². The lowest BCUT2D eigenvalue weighted by Crippen LogP contribution is -2.59. The Kier molecular flexibility index (Phi) is 6.10. The summed E-state index contributed by atoms with van der Waals surface area (Å²) in [6.07, 6.45) is 2.23. The maximum atomic E-state index is 12.2. The van der Waals surface area contributed by atoms with Gasteiger partial charge in [-0.05, 0) is 38.8 Å². The smallest absolute Gasteiger partial charge is 0.248 e. The molecule has 0 N–H and O–H groups in total. The van der Waals surface area contributed by atoms with Gasteiger partial charge in [-0.1, -0.05) is 30.3 Å². The average Bonchev–Trinajstić information content (AvgIpc) is 2.75. The first-order valence-electron chi connectivity index (χ1n) is 9.35. The SMILES string of the molecule is CC(C)N1CC2(COCC1=O)CN(CCCc1ccccc1)CCO2. The number of nitrogens with zero attached hydrogens (tertiary/aromatic N) is 2. The van der Waals surface area contributed by atoms with E-state index in [1.165, 1.54) is 5.56 Å². The van der Waals surface area contributed by atoms with Gasteiger partial charge in [0.25, 0.3) is 0 Å². The van der Waals surface area contributed by atoms with Crippen LogP contribution in [0.5, 0.6) is 0 Å². The van der Waals surface area contributed by atoms with E-state index in [1.54, 1.807) is 0 Å². The molecule has 2 aliphatic heterocycles. The number of carbonyl (C=O) groups excluding carboxylic acids is 1. The van der Waals surface area contributed by atoms with Crippen molar-refractivity contribution in [3.8, 4) is 0 Å². The number of amides is 1. The Bertz CT molecular complexity index is 563. The van der Waals surface area contributed by atoms with Crippen molar-refractivity contribution >= 4 is 5.91 Å². The van der Waals surface area contributed by atoms with Gasteiger partial charge in [0.15, 0.2) is 0 Å². The summed E-state index contributed by atoms with van der Waals surface area (Å²) >= 11 is 0. The third kappa shape index (κ3) is 4.81. The van der Waals surface area contributed by atoms with Gasteiger partial charge >= 0.3 is 0 Å². The molecule has 2 heterocycles. The van der Waals surface area contributed by atoms with Crippen LogP contribution >= 0.6 is 0 Å². The van der Waals surface area contributed by atoms with Gasteiger partial charge in [0.2, 0.25) is 5.91 Å². The molecule has 0 radical (unpaired) electrons. The third-order valence-electron chi connectivity index (χ3n) is 5.10. The van der Waals surface area contributed by atoms with E-state index in [0.717, 1.165) is 32.5 Å². The summed E-state index contributed by atoms with van der Waals surface area (Å²) in [5, 5.41) is 0. The number of ether oxygens (including phenoxy) is 2.